The average molecular weight is 175 g/mol. The molecule has 0 bridgehead atoms. The van der Waals surface area contributed by atoms with Crippen LogP contribution in [0.25, 0.3) is 0 Å². The van der Waals surface area contributed by atoms with Gasteiger partial charge in [0.15, 0.2) is 0 Å². The van der Waals surface area contributed by atoms with Crippen LogP contribution in [-0.2, 0) is 4.79 Å². The van der Waals surface area contributed by atoms with Gasteiger partial charge in [0.05, 0.1) is 0 Å². The number of hydrogen-bond acceptors (Lipinski definition) is 2. The van der Waals surface area contributed by atoms with Gasteiger partial charge in [-0.3, -0.25) is 0 Å². The van der Waals surface area contributed by atoms with Crippen LogP contribution in [0.3, 0.4) is 0 Å². The van der Waals surface area contributed by atoms with E-state index in [-0.39, 0.29) is 27.2 Å². The SMILES string of the molecule is [CH2]=[Al][CH2]C(CC(=O)O)NP. The van der Waals surface area contributed by atoms with E-state index in [1.807, 2.05) is 0 Å². The predicted octanol–water partition coefficient (Wildman–Crippen LogP) is -0.236. The zero-order valence-corrected chi connectivity index (χ0v) is 8.02. The van der Waals surface area contributed by atoms with E-state index in [2.05, 4.69) is 19.9 Å². The molecule has 0 aromatic heterocycles. The Bertz CT molecular complexity index is 131. The van der Waals surface area contributed by atoms with Gasteiger partial charge < -0.3 is 0 Å². The van der Waals surface area contributed by atoms with Gasteiger partial charge in [-0.2, -0.15) is 0 Å². The molecule has 0 fully saturated rings. The molecular weight excluding hydrogens is 164 g/mol. The van der Waals surface area contributed by atoms with Crippen molar-refractivity contribution < 1.29 is 9.90 Å². The normalized spacial score (nSPS) is 12.1. The molecule has 0 aliphatic carbocycles. The molecule has 0 aromatic carbocycles. The summed E-state index contributed by atoms with van der Waals surface area (Å²) in [5.41, 5.74) is 0. The second-order valence-corrected chi connectivity index (χ2v) is 3.37. The monoisotopic (exact) mass is 175 g/mol. The zero-order chi connectivity index (χ0) is 7.98. The maximum atomic E-state index is 10.2. The van der Waals surface area contributed by atoms with Crippen LogP contribution in [0.1, 0.15) is 6.42 Å². The first-order valence-corrected chi connectivity index (χ1v) is 5.20. The number of carboxylic acids is 1. The van der Waals surface area contributed by atoms with Gasteiger partial charge in [0.25, 0.3) is 0 Å². The van der Waals surface area contributed by atoms with Crippen molar-refractivity contribution >= 4 is 35.5 Å². The second kappa shape index (κ2) is 6.00. The van der Waals surface area contributed by atoms with E-state index in [0.717, 1.165) is 5.28 Å². The number of carboxylic acid groups (broad SMARTS) is 1. The van der Waals surface area contributed by atoms with Gasteiger partial charge in [0.1, 0.15) is 0 Å². The van der Waals surface area contributed by atoms with Gasteiger partial charge in [0.2, 0.25) is 0 Å². The summed E-state index contributed by atoms with van der Waals surface area (Å²) < 4.78 is 0. The summed E-state index contributed by atoms with van der Waals surface area (Å²) >= 11 is 0.139. The Morgan fingerprint density at radius 1 is 1.90 bits per heavy atom. The predicted molar refractivity (Wildman–Crippen MR) is 46.6 cm³/mol. The molecule has 0 radical (unpaired) electrons. The molecule has 0 aliphatic rings. The third kappa shape index (κ3) is 5.08. The maximum absolute atomic E-state index is 10.2. The van der Waals surface area contributed by atoms with Gasteiger partial charge in [-0.25, -0.2) is 0 Å². The number of nitrogens with one attached hydrogen (secondary N) is 1. The quantitative estimate of drug-likeness (QED) is 0.448. The fraction of sp³-hybridized carbons (Fsp3) is 0.600. The van der Waals surface area contributed by atoms with Crippen molar-refractivity contribution in [1.82, 2.24) is 5.09 Å². The third-order valence-corrected chi connectivity index (χ3v) is 2.48. The van der Waals surface area contributed by atoms with E-state index in [1.165, 1.54) is 0 Å². The fourth-order valence-corrected chi connectivity index (χ4v) is 1.85. The molecule has 0 rings (SSSR count). The Balaban J connectivity index is 3.59. The molecule has 0 saturated heterocycles. The van der Waals surface area contributed by atoms with Crippen LogP contribution in [0.5, 0.6) is 0 Å². The van der Waals surface area contributed by atoms with Crippen molar-refractivity contribution in [3.8, 4) is 0 Å². The number of hydrogen-bond donors (Lipinski definition) is 2. The van der Waals surface area contributed by atoms with Crippen molar-refractivity contribution in [3.05, 3.63) is 0 Å². The van der Waals surface area contributed by atoms with Gasteiger partial charge in [-0.1, -0.05) is 0 Å². The summed E-state index contributed by atoms with van der Waals surface area (Å²) in [6, 6.07) is 0.0787. The van der Waals surface area contributed by atoms with E-state index in [0.29, 0.717) is 0 Å². The molecule has 3 nitrogen and oxygen atoms in total. The van der Waals surface area contributed by atoms with E-state index in [4.69, 9.17) is 5.11 Å². The zero-order valence-electron chi connectivity index (χ0n) is 5.71. The van der Waals surface area contributed by atoms with Crippen LogP contribution in [-0.4, -0.2) is 37.3 Å². The van der Waals surface area contributed by atoms with Crippen LogP contribution < -0.4 is 5.09 Å². The van der Waals surface area contributed by atoms with Crippen molar-refractivity contribution in [2.45, 2.75) is 17.7 Å². The summed E-state index contributed by atoms with van der Waals surface area (Å²) in [6.07, 6.45) is 0.187. The number of aliphatic carboxylic acids is 1. The summed E-state index contributed by atoms with van der Waals surface area (Å²) in [7, 11) is 2.33. The Morgan fingerprint density at radius 3 is 2.80 bits per heavy atom. The van der Waals surface area contributed by atoms with E-state index >= 15 is 0 Å². The molecule has 56 valence electrons. The van der Waals surface area contributed by atoms with Gasteiger partial charge >= 0.3 is 68.3 Å². The topological polar surface area (TPSA) is 49.3 Å². The van der Waals surface area contributed by atoms with Gasteiger partial charge in [0, 0.05) is 0 Å². The first-order chi connectivity index (χ1) is 4.70. The molecule has 5 heteroatoms. The van der Waals surface area contributed by atoms with E-state index in [9.17, 15) is 4.79 Å². The molecule has 10 heavy (non-hydrogen) atoms. The fourth-order valence-electron chi connectivity index (χ4n) is 0.622. The van der Waals surface area contributed by atoms with Crippen LogP contribution >= 0.6 is 9.39 Å². The van der Waals surface area contributed by atoms with Crippen molar-refractivity contribution in [2.24, 2.45) is 0 Å². The number of carbonyl (C=O) groups is 1. The van der Waals surface area contributed by atoms with Crippen LogP contribution in [0.4, 0.5) is 0 Å². The van der Waals surface area contributed by atoms with Crippen molar-refractivity contribution in [2.75, 3.05) is 0 Å². The molecule has 2 N–H and O–H groups in total. The summed E-state index contributed by atoms with van der Waals surface area (Å²) in [5, 5.41) is 15.8. The molecule has 0 heterocycles. The molecule has 2 unspecified atom stereocenters. The van der Waals surface area contributed by atoms with E-state index < -0.39 is 5.97 Å². The molecule has 0 aliphatic heterocycles. The minimum atomic E-state index is -0.757. The molecular formula is C5H11AlNO2P. The second-order valence-electron chi connectivity index (χ2n) is 1.99. The first-order valence-electron chi connectivity index (χ1n) is 2.99. The molecule has 0 amide bonds. The Hall–Kier alpha value is 0.262. The Morgan fingerprint density at radius 2 is 2.50 bits per heavy atom. The van der Waals surface area contributed by atoms with Gasteiger partial charge in [-0.05, 0) is 0 Å². The van der Waals surface area contributed by atoms with Gasteiger partial charge in [-0.15, -0.1) is 0 Å². The summed E-state index contributed by atoms with van der Waals surface area (Å²) in [4.78, 5) is 10.2. The van der Waals surface area contributed by atoms with Crippen molar-refractivity contribution in [3.63, 3.8) is 0 Å². The minimum absolute atomic E-state index is 0.0787. The summed E-state index contributed by atoms with van der Waals surface area (Å²) in [5.74, 6) is -0.757. The van der Waals surface area contributed by atoms with E-state index in [1.54, 1.807) is 0 Å². The molecule has 0 spiro atoms. The summed E-state index contributed by atoms with van der Waals surface area (Å²) in [6.45, 7) is 0. The van der Waals surface area contributed by atoms with Crippen LogP contribution in [0.2, 0.25) is 5.28 Å². The van der Waals surface area contributed by atoms with Crippen LogP contribution in [0.15, 0.2) is 0 Å². The molecule has 2 atom stereocenters. The Labute approximate surface area is 68.7 Å². The standard InChI is InChI=1S/C4H9NO2P.CH2.Al/c1-3(5-8)2-4(6)7;;/h3,5H,1-2,8H2,(H,6,7);1H2;. The molecule has 0 saturated carbocycles. The third-order valence-electron chi connectivity index (χ3n) is 1.11. The van der Waals surface area contributed by atoms with Crippen molar-refractivity contribution in [1.29, 1.82) is 0 Å². The Kier molecular flexibility index (Phi) is 6.16. The average Bonchev–Trinajstić information content (AvgIpc) is 1.86. The first kappa shape index (κ1) is 10.3. The van der Waals surface area contributed by atoms with Crippen LogP contribution in [0, 0.1) is 0 Å². The number of rotatable bonds is 5. The molecule has 0 aromatic rings.